The fraction of sp³-hybridized carbons (Fsp3) is 0.143. The van der Waals surface area contributed by atoms with Gasteiger partial charge in [0.05, 0.1) is 6.61 Å². The van der Waals surface area contributed by atoms with E-state index < -0.39 is 0 Å². The monoisotopic (exact) mass is 302 g/mol. The predicted octanol–water partition coefficient (Wildman–Crippen LogP) is 4.15. The van der Waals surface area contributed by atoms with Crippen LogP contribution in [0.15, 0.2) is 66.7 Å². The van der Waals surface area contributed by atoms with E-state index in [1.54, 1.807) is 0 Å². The molecule has 0 aromatic heterocycles. The van der Waals surface area contributed by atoms with Gasteiger partial charge in [-0.1, -0.05) is 54.3 Å². The summed E-state index contributed by atoms with van der Waals surface area (Å²) < 4.78 is 5.85. The molecule has 0 bridgehead atoms. The fourth-order valence-electron chi connectivity index (χ4n) is 2.35. The van der Waals surface area contributed by atoms with Gasteiger partial charge in [-0.3, -0.25) is 0 Å². The van der Waals surface area contributed by atoms with Crippen molar-refractivity contribution in [1.29, 1.82) is 0 Å². The average Bonchev–Trinajstić information content (AvgIpc) is 2.61. The third-order valence-corrected chi connectivity index (χ3v) is 3.53. The molecule has 114 valence electrons. The Morgan fingerprint density at radius 1 is 0.870 bits per heavy atom. The highest BCUT2D eigenvalue weighted by molar-refractivity contribution is 5.85. The average molecular weight is 302 g/mol. The summed E-state index contributed by atoms with van der Waals surface area (Å²) in [6.45, 7) is 0.666. The summed E-state index contributed by atoms with van der Waals surface area (Å²) >= 11 is 0. The predicted molar refractivity (Wildman–Crippen MR) is 93.3 cm³/mol. The molecule has 0 saturated carbocycles. The third-order valence-electron chi connectivity index (χ3n) is 3.53. The lowest BCUT2D eigenvalue weighted by Crippen LogP contribution is -1.94. The van der Waals surface area contributed by atoms with Crippen molar-refractivity contribution in [2.75, 3.05) is 6.61 Å². The van der Waals surface area contributed by atoms with Crippen LogP contribution < -0.4 is 4.74 Å². The lowest BCUT2D eigenvalue weighted by Gasteiger charge is -2.07. The van der Waals surface area contributed by atoms with Crippen LogP contribution in [0.3, 0.4) is 0 Å². The van der Waals surface area contributed by atoms with Crippen molar-refractivity contribution in [3.8, 4) is 17.6 Å². The lowest BCUT2D eigenvalue weighted by atomic mass is 10.1. The summed E-state index contributed by atoms with van der Waals surface area (Å²) in [5.41, 5.74) is 2.12. The number of hydrogen-bond acceptors (Lipinski definition) is 2. The number of hydrogen-bond donors (Lipinski definition) is 1. The van der Waals surface area contributed by atoms with Crippen LogP contribution in [0.2, 0.25) is 0 Å². The van der Waals surface area contributed by atoms with Gasteiger partial charge in [-0.25, -0.2) is 0 Å². The molecule has 0 heterocycles. The molecule has 2 nitrogen and oxygen atoms in total. The Balaban J connectivity index is 1.75. The van der Waals surface area contributed by atoms with Gasteiger partial charge >= 0.3 is 0 Å². The Labute approximate surface area is 136 Å². The summed E-state index contributed by atoms with van der Waals surface area (Å²) in [5, 5.41) is 11.0. The molecule has 0 fully saturated rings. The summed E-state index contributed by atoms with van der Waals surface area (Å²) in [7, 11) is 0. The van der Waals surface area contributed by atoms with Gasteiger partial charge in [0.1, 0.15) is 12.4 Å². The van der Waals surface area contributed by atoms with Crippen LogP contribution in [0.1, 0.15) is 17.5 Å². The topological polar surface area (TPSA) is 29.5 Å². The van der Waals surface area contributed by atoms with E-state index in [1.165, 1.54) is 0 Å². The number of aliphatic hydroxyl groups is 1. The van der Waals surface area contributed by atoms with Gasteiger partial charge in [-0.05, 0) is 40.6 Å². The molecular formula is C21H18O2. The maximum atomic E-state index is 8.76. The molecule has 0 aliphatic rings. The van der Waals surface area contributed by atoms with Crippen LogP contribution in [0.4, 0.5) is 0 Å². The summed E-state index contributed by atoms with van der Waals surface area (Å²) in [6.07, 6.45) is 0.504. The van der Waals surface area contributed by atoms with Gasteiger partial charge in [0.15, 0.2) is 0 Å². The fourth-order valence-corrected chi connectivity index (χ4v) is 2.35. The number of benzene rings is 3. The van der Waals surface area contributed by atoms with Gasteiger partial charge in [0.2, 0.25) is 0 Å². The molecule has 2 heteroatoms. The Morgan fingerprint density at radius 3 is 2.48 bits per heavy atom. The number of aliphatic hydroxyl groups excluding tert-OH is 1. The maximum absolute atomic E-state index is 8.76. The second-order valence-electron chi connectivity index (χ2n) is 5.27. The Morgan fingerprint density at radius 2 is 1.65 bits per heavy atom. The normalized spacial score (nSPS) is 10.1. The van der Waals surface area contributed by atoms with Crippen LogP contribution in [0, 0.1) is 11.8 Å². The molecule has 3 aromatic rings. The molecule has 0 spiro atoms. The Kier molecular flexibility index (Phi) is 4.93. The van der Waals surface area contributed by atoms with Crippen molar-refractivity contribution in [1.82, 2.24) is 0 Å². The van der Waals surface area contributed by atoms with E-state index in [1.807, 2.05) is 48.5 Å². The molecule has 3 aromatic carbocycles. The molecule has 0 radical (unpaired) electrons. The first kappa shape index (κ1) is 15.1. The molecule has 0 atom stereocenters. The highest BCUT2D eigenvalue weighted by Gasteiger charge is 1.99. The second kappa shape index (κ2) is 7.49. The highest BCUT2D eigenvalue weighted by Crippen LogP contribution is 2.22. The number of fused-ring (bicyclic) bond motifs is 1. The second-order valence-corrected chi connectivity index (χ2v) is 5.27. The zero-order valence-electron chi connectivity index (χ0n) is 12.8. The molecule has 1 N–H and O–H groups in total. The van der Waals surface area contributed by atoms with Crippen LogP contribution in [0.5, 0.6) is 5.75 Å². The summed E-state index contributed by atoms with van der Waals surface area (Å²) in [4.78, 5) is 0. The third kappa shape index (κ3) is 4.12. The van der Waals surface area contributed by atoms with Gasteiger partial charge in [-0.2, -0.15) is 0 Å². The van der Waals surface area contributed by atoms with Crippen molar-refractivity contribution in [2.45, 2.75) is 13.0 Å². The zero-order valence-corrected chi connectivity index (χ0v) is 12.8. The van der Waals surface area contributed by atoms with E-state index in [2.05, 4.69) is 30.0 Å². The van der Waals surface area contributed by atoms with Crippen molar-refractivity contribution in [3.05, 3.63) is 77.9 Å². The van der Waals surface area contributed by atoms with E-state index in [0.29, 0.717) is 13.0 Å². The smallest absolute Gasteiger partial charge is 0.120 e. The van der Waals surface area contributed by atoms with E-state index >= 15 is 0 Å². The highest BCUT2D eigenvalue weighted by atomic mass is 16.5. The summed E-state index contributed by atoms with van der Waals surface area (Å²) in [5.74, 6) is 6.86. The number of ether oxygens (including phenoxy) is 1. The van der Waals surface area contributed by atoms with Crippen LogP contribution in [0.25, 0.3) is 10.8 Å². The Bertz CT molecular complexity index is 842. The molecule has 3 rings (SSSR count). The molecule has 23 heavy (non-hydrogen) atoms. The largest absolute Gasteiger partial charge is 0.489 e. The van der Waals surface area contributed by atoms with E-state index in [-0.39, 0.29) is 6.61 Å². The Hall–Kier alpha value is -2.76. The number of rotatable bonds is 4. The molecule has 0 amide bonds. The van der Waals surface area contributed by atoms with Crippen LogP contribution >= 0.6 is 0 Å². The van der Waals surface area contributed by atoms with Crippen LogP contribution in [-0.4, -0.2) is 11.7 Å². The lowest BCUT2D eigenvalue weighted by molar-refractivity contribution is 0.305. The van der Waals surface area contributed by atoms with Crippen molar-refractivity contribution >= 4 is 10.8 Å². The quantitative estimate of drug-likeness (QED) is 0.734. The van der Waals surface area contributed by atoms with Gasteiger partial charge in [-0.15, -0.1) is 0 Å². The first-order valence-corrected chi connectivity index (χ1v) is 7.65. The molecule has 0 unspecified atom stereocenters. The van der Waals surface area contributed by atoms with Gasteiger partial charge in [0, 0.05) is 12.0 Å². The SMILES string of the molecule is OCCC#Cc1ccc2cc(OCc3ccccc3)ccc2c1. The first-order chi connectivity index (χ1) is 11.3. The minimum Gasteiger partial charge on any atom is -0.489 e. The van der Waals surface area contributed by atoms with Gasteiger partial charge in [0.25, 0.3) is 0 Å². The van der Waals surface area contributed by atoms with Crippen molar-refractivity contribution < 1.29 is 9.84 Å². The molecule has 0 aliphatic carbocycles. The van der Waals surface area contributed by atoms with E-state index in [0.717, 1.165) is 27.6 Å². The molecule has 0 aliphatic heterocycles. The summed E-state index contributed by atoms with van der Waals surface area (Å²) in [6, 6.07) is 22.3. The molecule has 0 saturated heterocycles. The van der Waals surface area contributed by atoms with E-state index in [4.69, 9.17) is 9.84 Å². The van der Waals surface area contributed by atoms with Crippen LogP contribution in [-0.2, 0) is 6.61 Å². The standard InChI is InChI=1S/C21H18O2/c22-13-5-4-6-17-9-10-20-15-21(12-11-19(20)14-17)23-16-18-7-2-1-3-8-18/h1-3,7-12,14-15,22H,5,13,16H2. The van der Waals surface area contributed by atoms with Gasteiger partial charge < -0.3 is 9.84 Å². The zero-order chi connectivity index (χ0) is 15.9. The maximum Gasteiger partial charge on any atom is 0.120 e. The van der Waals surface area contributed by atoms with E-state index in [9.17, 15) is 0 Å². The first-order valence-electron chi connectivity index (χ1n) is 7.65. The van der Waals surface area contributed by atoms with Crippen molar-refractivity contribution in [2.24, 2.45) is 0 Å². The minimum atomic E-state index is 0.0999. The molecular weight excluding hydrogens is 284 g/mol. The minimum absolute atomic E-state index is 0.0999. The van der Waals surface area contributed by atoms with Crippen molar-refractivity contribution in [3.63, 3.8) is 0 Å².